The van der Waals surface area contributed by atoms with Crippen molar-refractivity contribution in [3.8, 4) is 0 Å². The molecular formula is C14H20O3. The third-order valence-corrected chi connectivity index (χ3v) is 2.56. The van der Waals surface area contributed by atoms with Gasteiger partial charge in [-0.15, -0.1) is 0 Å². The maximum absolute atomic E-state index is 10.4. The molecule has 0 aliphatic rings. The van der Waals surface area contributed by atoms with Gasteiger partial charge in [0.2, 0.25) is 0 Å². The molecule has 1 aromatic rings. The Morgan fingerprint density at radius 3 is 2.47 bits per heavy atom. The molecule has 0 spiro atoms. The summed E-state index contributed by atoms with van der Waals surface area (Å²) in [6.45, 7) is 3.58. The third kappa shape index (κ3) is 6.07. The van der Waals surface area contributed by atoms with Crippen LogP contribution in [-0.4, -0.2) is 17.7 Å². The van der Waals surface area contributed by atoms with Crippen LogP contribution in [0.3, 0.4) is 0 Å². The molecule has 0 bridgehead atoms. The van der Waals surface area contributed by atoms with E-state index < -0.39 is 5.97 Å². The molecule has 0 unspecified atom stereocenters. The minimum atomic E-state index is -0.753. The topological polar surface area (TPSA) is 46.5 Å². The van der Waals surface area contributed by atoms with E-state index in [1.807, 2.05) is 24.3 Å². The Morgan fingerprint density at radius 2 is 1.88 bits per heavy atom. The summed E-state index contributed by atoms with van der Waals surface area (Å²) in [7, 11) is 0. The second kappa shape index (κ2) is 7.85. The van der Waals surface area contributed by atoms with Crippen LogP contribution in [0.1, 0.15) is 37.3 Å². The summed E-state index contributed by atoms with van der Waals surface area (Å²) in [4.78, 5) is 10.4. The summed E-state index contributed by atoms with van der Waals surface area (Å²) >= 11 is 0. The van der Waals surface area contributed by atoms with Crippen LogP contribution in [0.5, 0.6) is 0 Å². The van der Waals surface area contributed by atoms with Crippen molar-refractivity contribution in [1.82, 2.24) is 0 Å². The molecule has 3 heteroatoms. The van der Waals surface area contributed by atoms with Crippen LogP contribution < -0.4 is 0 Å². The average Bonchev–Trinajstić information content (AvgIpc) is 2.33. The molecule has 0 aliphatic carbocycles. The highest BCUT2D eigenvalue weighted by molar-refractivity contribution is 5.67. The Hall–Kier alpha value is -1.35. The van der Waals surface area contributed by atoms with Gasteiger partial charge in [0.1, 0.15) is 0 Å². The van der Waals surface area contributed by atoms with Crippen LogP contribution in [0.2, 0.25) is 0 Å². The zero-order chi connectivity index (χ0) is 12.5. The number of carboxylic acids is 1. The first-order valence-electron chi connectivity index (χ1n) is 6.09. The van der Waals surface area contributed by atoms with Crippen LogP contribution in [0.15, 0.2) is 24.3 Å². The summed E-state index contributed by atoms with van der Waals surface area (Å²) in [5.74, 6) is -0.753. The van der Waals surface area contributed by atoms with Crippen LogP contribution in [0.4, 0.5) is 0 Å². The van der Waals surface area contributed by atoms with Gasteiger partial charge in [0.05, 0.1) is 6.61 Å². The highest BCUT2D eigenvalue weighted by Gasteiger charge is 1.99. The Labute approximate surface area is 102 Å². The van der Waals surface area contributed by atoms with E-state index in [1.165, 1.54) is 0 Å². The average molecular weight is 236 g/mol. The van der Waals surface area contributed by atoms with Gasteiger partial charge >= 0.3 is 5.97 Å². The Kier molecular flexibility index (Phi) is 6.33. The summed E-state index contributed by atoms with van der Waals surface area (Å²) in [5, 5.41) is 8.58. The standard InChI is InChI=1S/C14H20O3/c1-2-3-10-17-11-13-6-4-12(5-7-13)8-9-14(15)16/h4-7H,2-3,8-11H2,1H3,(H,15,16). The van der Waals surface area contributed by atoms with Gasteiger partial charge in [0.25, 0.3) is 0 Å². The molecule has 0 saturated carbocycles. The molecule has 0 heterocycles. The fraction of sp³-hybridized carbons (Fsp3) is 0.500. The van der Waals surface area contributed by atoms with Gasteiger partial charge < -0.3 is 9.84 Å². The van der Waals surface area contributed by atoms with E-state index in [9.17, 15) is 4.79 Å². The number of aliphatic carboxylic acids is 1. The fourth-order valence-corrected chi connectivity index (χ4v) is 1.49. The molecule has 94 valence electrons. The fourth-order valence-electron chi connectivity index (χ4n) is 1.49. The van der Waals surface area contributed by atoms with Crippen molar-refractivity contribution in [1.29, 1.82) is 0 Å². The van der Waals surface area contributed by atoms with Gasteiger partial charge in [0.15, 0.2) is 0 Å². The van der Waals surface area contributed by atoms with Crippen molar-refractivity contribution >= 4 is 5.97 Å². The highest BCUT2D eigenvalue weighted by atomic mass is 16.5. The molecule has 0 saturated heterocycles. The SMILES string of the molecule is CCCCOCc1ccc(CCC(=O)O)cc1. The van der Waals surface area contributed by atoms with Crippen molar-refractivity contribution < 1.29 is 14.6 Å². The second-order valence-electron chi connectivity index (χ2n) is 4.12. The number of hydrogen-bond donors (Lipinski definition) is 1. The van der Waals surface area contributed by atoms with Crippen molar-refractivity contribution in [2.45, 2.75) is 39.2 Å². The predicted octanol–water partition coefficient (Wildman–Crippen LogP) is 3.02. The van der Waals surface area contributed by atoms with E-state index in [2.05, 4.69) is 6.92 Å². The lowest BCUT2D eigenvalue weighted by atomic mass is 10.1. The molecule has 0 fully saturated rings. The number of carbonyl (C=O) groups is 1. The van der Waals surface area contributed by atoms with Gasteiger partial charge in [-0.05, 0) is 24.0 Å². The lowest BCUT2D eigenvalue weighted by Gasteiger charge is -2.04. The number of carboxylic acid groups (broad SMARTS) is 1. The molecule has 1 rings (SSSR count). The maximum atomic E-state index is 10.4. The quantitative estimate of drug-likeness (QED) is 0.706. The number of rotatable bonds is 8. The Morgan fingerprint density at radius 1 is 1.24 bits per heavy atom. The largest absolute Gasteiger partial charge is 0.481 e. The summed E-state index contributed by atoms with van der Waals surface area (Å²) in [5.41, 5.74) is 2.20. The third-order valence-electron chi connectivity index (χ3n) is 2.56. The van der Waals surface area contributed by atoms with Crippen molar-refractivity contribution in [2.75, 3.05) is 6.61 Å². The zero-order valence-electron chi connectivity index (χ0n) is 10.3. The van der Waals surface area contributed by atoms with Gasteiger partial charge in [-0.3, -0.25) is 4.79 Å². The molecule has 0 radical (unpaired) electrons. The number of benzene rings is 1. The Balaban J connectivity index is 2.31. The molecule has 0 aromatic heterocycles. The second-order valence-corrected chi connectivity index (χ2v) is 4.12. The van der Waals surface area contributed by atoms with Crippen molar-refractivity contribution in [2.24, 2.45) is 0 Å². The van der Waals surface area contributed by atoms with Crippen LogP contribution in [-0.2, 0) is 22.6 Å². The van der Waals surface area contributed by atoms with Crippen molar-refractivity contribution in [3.05, 3.63) is 35.4 Å². The molecule has 0 amide bonds. The van der Waals surface area contributed by atoms with Gasteiger partial charge in [0, 0.05) is 13.0 Å². The lowest BCUT2D eigenvalue weighted by molar-refractivity contribution is -0.136. The zero-order valence-corrected chi connectivity index (χ0v) is 10.3. The highest BCUT2D eigenvalue weighted by Crippen LogP contribution is 2.08. The van der Waals surface area contributed by atoms with Crippen LogP contribution >= 0.6 is 0 Å². The minimum Gasteiger partial charge on any atom is -0.481 e. The van der Waals surface area contributed by atoms with E-state index in [4.69, 9.17) is 9.84 Å². The first-order valence-corrected chi connectivity index (χ1v) is 6.09. The smallest absolute Gasteiger partial charge is 0.303 e. The number of unbranched alkanes of at least 4 members (excludes halogenated alkanes) is 1. The summed E-state index contributed by atoms with van der Waals surface area (Å²) in [6.07, 6.45) is 3.02. The minimum absolute atomic E-state index is 0.187. The first kappa shape index (κ1) is 13.7. The van der Waals surface area contributed by atoms with E-state index in [1.54, 1.807) is 0 Å². The lowest BCUT2D eigenvalue weighted by Crippen LogP contribution is -1.98. The van der Waals surface area contributed by atoms with Gasteiger partial charge in [-0.2, -0.15) is 0 Å². The van der Waals surface area contributed by atoms with E-state index in [-0.39, 0.29) is 6.42 Å². The number of aryl methyl sites for hydroxylation is 1. The summed E-state index contributed by atoms with van der Waals surface area (Å²) < 4.78 is 5.50. The van der Waals surface area contributed by atoms with Crippen molar-refractivity contribution in [3.63, 3.8) is 0 Å². The molecular weight excluding hydrogens is 216 g/mol. The van der Waals surface area contributed by atoms with Gasteiger partial charge in [-0.1, -0.05) is 37.6 Å². The molecule has 17 heavy (non-hydrogen) atoms. The molecule has 0 aliphatic heterocycles. The number of hydrogen-bond acceptors (Lipinski definition) is 2. The molecule has 0 atom stereocenters. The molecule has 1 N–H and O–H groups in total. The summed E-state index contributed by atoms with van der Waals surface area (Å²) in [6, 6.07) is 7.95. The van der Waals surface area contributed by atoms with E-state index in [0.29, 0.717) is 13.0 Å². The number of ether oxygens (including phenoxy) is 1. The predicted molar refractivity (Wildman–Crippen MR) is 67.0 cm³/mol. The van der Waals surface area contributed by atoms with E-state index in [0.717, 1.165) is 30.6 Å². The normalized spacial score (nSPS) is 10.4. The monoisotopic (exact) mass is 236 g/mol. The van der Waals surface area contributed by atoms with Gasteiger partial charge in [-0.25, -0.2) is 0 Å². The molecule has 3 nitrogen and oxygen atoms in total. The van der Waals surface area contributed by atoms with E-state index >= 15 is 0 Å². The Bertz CT molecular complexity index is 330. The molecule has 1 aromatic carbocycles. The van der Waals surface area contributed by atoms with Crippen LogP contribution in [0.25, 0.3) is 0 Å². The first-order chi connectivity index (χ1) is 8.22. The maximum Gasteiger partial charge on any atom is 0.303 e. The van der Waals surface area contributed by atoms with Crippen LogP contribution in [0, 0.1) is 0 Å².